The first kappa shape index (κ1) is 37.8. The summed E-state index contributed by atoms with van der Waals surface area (Å²) in [6, 6.07) is 18.0. The number of thioether (sulfide) groups is 1. The molecule has 1 N–H and O–H groups in total. The van der Waals surface area contributed by atoms with E-state index in [4.69, 9.17) is 15.0 Å². The van der Waals surface area contributed by atoms with Crippen LogP contribution in [0.5, 0.6) is 5.75 Å². The second kappa shape index (κ2) is 16.3. The highest BCUT2D eigenvalue weighted by Crippen LogP contribution is 2.36. The number of amides is 4. The predicted molar refractivity (Wildman–Crippen MR) is 196 cm³/mol. The first-order valence-corrected chi connectivity index (χ1v) is 17.6. The van der Waals surface area contributed by atoms with Gasteiger partial charge in [0.2, 0.25) is 5.91 Å². The maximum absolute atomic E-state index is 13.3. The zero-order valence-electron chi connectivity index (χ0n) is 29.1. The van der Waals surface area contributed by atoms with E-state index in [1.165, 1.54) is 11.0 Å². The summed E-state index contributed by atoms with van der Waals surface area (Å²) in [5.74, 6) is -0.536. The van der Waals surface area contributed by atoms with E-state index < -0.39 is 31.1 Å². The number of carbonyl (C=O) groups excluding carboxylic acids is 3. The molecule has 2 aliphatic heterocycles. The summed E-state index contributed by atoms with van der Waals surface area (Å²) < 4.78 is 43.7. The molecule has 1 atom stereocenters. The first-order chi connectivity index (χ1) is 24.8. The number of hydrogen-bond donors (Lipinski definition) is 1. The molecule has 10 nitrogen and oxygen atoms in total. The van der Waals surface area contributed by atoms with Crippen molar-refractivity contribution in [2.45, 2.75) is 58.7 Å². The second-order valence-electron chi connectivity index (χ2n) is 12.4. The van der Waals surface area contributed by atoms with Crippen LogP contribution in [-0.2, 0) is 4.79 Å². The van der Waals surface area contributed by atoms with E-state index in [0.29, 0.717) is 28.9 Å². The van der Waals surface area contributed by atoms with E-state index in [1.807, 2.05) is 25.1 Å². The summed E-state index contributed by atoms with van der Waals surface area (Å²) in [4.78, 5) is 51.4. The minimum absolute atomic E-state index is 0.0132. The molecule has 14 heteroatoms. The standard InChI is InChI=1S/C38H37F3N6O4S/c1-5-6-28-19-29(46(4)35(49)26-10-8-25(21-42)9-11-26)20-31(43-28)27-12-13-30(24(3)18-27)44-36(50)45-37-47(34(48)22-52-37)32-17-23(2)7-14-33(32)51-16-15-38(39,40)41/h7-14,17-18,20,28H,5-6,15-16,19,22H2,1-4H3,(H,44,50)/b45-37-. The molecule has 52 heavy (non-hydrogen) atoms. The van der Waals surface area contributed by atoms with Gasteiger partial charge in [-0.3, -0.25) is 19.5 Å². The molecule has 3 aromatic carbocycles. The van der Waals surface area contributed by atoms with E-state index >= 15 is 0 Å². The Morgan fingerprint density at radius 2 is 1.88 bits per heavy atom. The average Bonchev–Trinajstić information content (AvgIpc) is 3.47. The van der Waals surface area contributed by atoms with Gasteiger partial charge in [-0.15, -0.1) is 0 Å². The first-order valence-electron chi connectivity index (χ1n) is 16.6. The van der Waals surface area contributed by atoms with Gasteiger partial charge < -0.3 is 15.0 Å². The van der Waals surface area contributed by atoms with Gasteiger partial charge in [-0.2, -0.15) is 23.4 Å². The molecule has 1 unspecified atom stereocenters. The minimum atomic E-state index is -4.41. The number of nitrogens with one attached hydrogen (secondary N) is 1. The van der Waals surface area contributed by atoms with Crippen molar-refractivity contribution >= 4 is 51.9 Å². The molecule has 4 amide bonds. The molecular formula is C38H37F3N6O4S. The second-order valence-corrected chi connectivity index (χ2v) is 13.3. The van der Waals surface area contributed by atoms with E-state index in [-0.39, 0.29) is 34.3 Å². The lowest BCUT2D eigenvalue weighted by Gasteiger charge is -2.28. The van der Waals surface area contributed by atoms with Gasteiger partial charge in [-0.25, -0.2) is 4.79 Å². The monoisotopic (exact) mass is 730 g/mol. The quantitative estimate of drug-likeness (QED) is 0.224. The molecule has 0 spiro atoms. The maximum Gasteiger partial charge on any atom is 0.392 e. The Labute approximate surface area is 304 Å². The maximum atomic E-state index is 13.3. The molecule has 2 aliphatic rings. The van der Waals surface area contributed by atoms with E-state index in [9.17, 15) is 27.6 Å². The molecule has 3 aromatic rings. The number of alkyl halides is 3. The van der Waals surface area contributed by atoms with Gasteiger partial charge in [0.25, 0.3) is 5.91 Å². The van der Waals surface area contributed by atoms with Crippen molar-refractivity contribution in [3.63, 3.8) is 0 Å². The van der Waals surface area contributed by atoms with E-state index in [1.54, 1.807) is 61.3 Å². The van der Waals surface area contributed by atoms with Gasteiger partial charge in [0, 0.05) is 36.0 Å². The highest BCUT2D eigenvalue weighted by atomic mass is 32.2. The van der Waals surface area contributed by atoms with Crippen LogP contribution in [0.1, 0.15) is 65.2 Å². The summed E-state index contributed by atoms with van der Waals surface area (Å²) in [5, 5.41) is 11.9. The Balaban J connectivity index is 1.34. The van der Waals surface area contributed by atoms with Crippen LogP contribution in [0.25, 0.3) is 0 Å². The number of halogens is 3. The number of carbonyl (C=O) groups is 3. The van der Waals surface area contributed by atoms with Crippen LogP contribution in [0.4, 0.5) is 29.3 Å². The van der Waals surface area contributed by atoms with Crippen LogP contribution in [0.15, 0.2) is 82.4 Å². The Morgan fingerprint density at radius 1 is 1.13 bits per heavy atom. The molecule has 1 saturated heterocycles. The number of anilines is 2. The number of dihydropyridines is 1. The molecule has 0 aliphatic carbocycles. The van der Waals surface area contributed by atoms with Crippen molar-refractivity contribution < 1.29 is 32.3 Å². The summed E-state index contributed by atoms with van der Waals surface area (Å²) >= 11 is 1.04. The predicted octanol–water partition coefficient (Wildman–Crippen LogP) is 8.19. The number of aliphatic imine (C=N–C) groups is 2. The van der Waals surface area contributed by atoms with Crippen LogP contribution >= 0.6 is 11.8 Å². The highest BCUT2D eigenvalue weighted by Gasteiger charge is 2.33. The molecule has 5 rings (SSSR count). The van der Waals surface area contributed by atoms with Gasteiger partial charge in [0.1, 0.15) is 5.75 Å². The highest BCUT2D eigenvalue weighted by molar-refractivity contribution is 8.15. The average molecular weight is 731 g/mol. The smallest absolute Gasteiger partial charge is 0.392 e. The third kappa shape index (κ3) is 9.27. The molecule has 0 bridgehead atoms. The lowest BCUT2D eigenvalue weighted by molar-refractivity contribution is -0.139. The Hall–Kier alpha value is -5.42. The van der Waals surface area contributed by atoms with E-state index in [2.05, 4.69) is 23.3 Å². The number of amidine groups is 1. The number of benzene rings is 3. The van der Waals surface area contributed by atoms with Crippen molar-refractivity contribution in [1.29, 1.82) is 5.26 Å². The number of nitriles is 1. The summed E-state index contributed by atoms with van der Waals surface area (Å²) in [6.07, 6.45) is -1.35. The number of rotatable bonds is 10. The Bertz CT molecular complexity index is 2000. The molecule has 270 valence electrons. The lowest BCUT2D eigenvalue weighted by atomic mass is 9.97. The number of nitrogens with zero attached hydrogens (tertiary/aromatic N) is 5. The van der Waals surface area contributed by atoms with Gasteiger partial charge in [-0.05, 0) is 86.0 Å². The summed E-state index contributed by atoms with van der Waals surface area (Å²) in [6.45, 7) is 5.03. The van der Waals surface area contributed by atoms with Crippen molar-refractivity contribution in [2.24, 2.45) is 9.98 Å². The van der Waals surface area contributed by atoms with Crippen LogP contribution in [0, 0.1) is 25.2 Å². The molecule has 0 radical (unpaired) electrons. The largest absolute Gasteiger partial charge is 0.491 e. The molecule has 0 aromatic heterocycles. The Morgan fingerprint density at radius 3 is 2.56 bits per heavy atom. The number of allylic oxidation sites excluding steroid dienone is 1. The number of hydrogen-bond acceptors (Lipinski definition) is 7. The SMILES string of the molecule is CCCC1CC(N(C)C(=O)c2ccc(C#N)cc2)=CC(c2ccc(NC(=O)/N=C3\SCC(=O)N3c3cc(C)ccc3OCCC(F)(F)F)c(C)c2)=N1. The van der Waals surface area contributed by atoms with Crippen LogP contribution in [-0.4, -0.2) is 65.3 Å². The van der Waals surface area contributed by atoms with Gasteiger partial charge in [0.05, 0.1) is 47.9 Å². The number of aryl methyl sites for hydroxylation is 2. The molecule has 1 fully saturated rings. The van der Waals surface area contributed by atoms with Crippen LogP contribution < -0.4 is 15.0 Å². The van der Waals surface area contributed by atoms with Gasteiger partial charge in [0.15, 0.2) is 5.17 Å². The Kier molecular flexibility index (Phi) is 11.8. The third-order valence-electron chi connectivity index (χ3n) is 8.41. The van der Waals surface area contributed by atoms with Gasteiger partial charge in [-0.1, -0.05) is 37.2 Å². The fourth-order valence-electron chi connectivity index (χ4n) is 5.72. The molecular weight excluding hydrogens is 694 g/mol. The molecule has 2 heterocycles. The van der Waals surface area contributed by atoms with Crippen molar-refractivity contribution in [3.05, 3.63) is 100 Å². The van der Waals surface area contributed by atoms with Crippen molar-refractivity contribution in [2.75, 3.05) is 29.6 Å². The topological polar surface area (TPSA) is 127 Å². The fourth-order valence-corrected chi connectivity index (χ4v) is 6.57. The summed E-state index contributed by atoms with van der Waals surface area (Å²) in [5.41, 5.74) is 5.36. The minimum Gasteiger partial charge on any atom is -0.491 e. The summed E-state index contributed by atoms with van der Waals surface area (Å²) in [7, 11) is 1.72. The van der Waals surface area contributed by atoms with Gasteiger partial charge >= 0.3 is 12.2 Å². The third-order valence-corrected chi connectivity index (χ3v) is 9.34. The fraction of sp³-hybridized carbons (Fsp3) is 0.316. The molecule has 0 saturated carbocycles. The zero-order chi connectivity index (χ0) is 37.6. The number of urea groups is 1. The van der Waals surface area contributed by atoms with Crippen molar-refractivity contribution in [3.8, 4) is 11.8 Å². The van der Waals surface area contributed by atoms with E-state index in [0.717, 1.165) is 47.0 Å². The number of ether oxygens (including phenoxy) is 1. The zero-order valence-corrected chi connectivity index (χ0v) is 29.9. The van der Waals surface area contributed by atoms with Crippen molar-refractivity contribution in [1.82, 2.24) is 4.90 Å². The van der Waals surface area contributed by atoms with Crippen LogP contribution in [0.2, 0.25) is 0 Å². The lowest BCUT2D eigenvalue weighted by Crippen LogP contribution is -2.31. The normalized spacial score (nSPS) is 16.7. The van der Waals surface area contributed by atoms with Crippen LogP contribution in [0.3, 0.4) is 0 Å².